The molecule has 2 rings (SSSR count). The number of anilines is 1. The predicted octanol–water partition coefficient (Wildman–Crippen LogP) is 3.69. The van der Waals surface area contributed by atoms with E-state index in [-0.39, 0.29) is 5.56 Å². The first-order valence-electron chi connectivity index (χ1n) is 6.15. The predicted molar refractivity (Wildman–Crippen MR) is 66.2 cm³/mol. The minimum atomic E-state index is -0.443. The highest BCUT2D eigenvalue weighted by Crippen LogP contribution is 2.26. The van der Waals surface area contributed by atoms with Gasteiger partial charge in [-0.25, -0.2) is 4.39 Å². The highest BCUT2D eigenvalue weighted by atomic mass is 19.1. The van der Waals surface area contributed by atoms with Crippen molar-refractivity contribution >= 4 is 5.69 Å². The second-order valence-electron chi connectivity index (χ2n) is 4.91. The summed E-state index contributed by atoms with van der Waals surface area (Å²) in [5.41, 5.74) is 0.883. The van der Waals surface area contributed by atoms with Crippen molar-refractivity contribution in [1.82, 2.24) is 0 Å². The molecule has 90 valence electrons. The van der Waals surface area contributed by atoms with Gasteiger partial charge in [0.05, 0.1) is 5.56 Å². The minimum absolute atomic E-state index is 0.104. The zero-order valence-electron chi connectivity index (χ0n) is 10.0. The number of rotatable bonds is 2. The van der Waals surface area contributed by atoms with E-state index >= 15 is 0 Å². The lowest BCUT2D eigenvalue weighted by Gasteiger charge is -2.27. The van der Waals surface area contributed by atoms with Gasteiger partial charge in [0.25, 0.3) is 0 Å². The van der Waals surface area contributed by atoms with Crippen molar-refractivity contribution in [3.63, 3.8) is 0 Å². The molecule has 1 aliphatic carbocycles. The third-order valence-electron chi connectivity index (χ3n) is 3.48. The summed E-state index contributed by atoms with van der Waals surface area (Å²) in [6.07, 6.45) is 4.75. The first-order valence-corrected chi connectivity index (χ1v) is 6.15. The second kappa shape index (κ2) is 5.18. The van der Waals surface area contributed by atoms with Crippen LogP contribution in [-0.2, 0) is 0 Å². The highest BCUT2D eigenvalue weighted by Gasteiger charge is 2.18. The first-order chi connectivity index (χ1) is 8.19. The molecule has 1 N–H and O–H groups in total. The summed E-state index contributed by atoms with van der Waals surface area (Å²) < 4.78 is 13.4. The van der Waals surface area contributed by atoms with Crippen LogP contribution in [-0.4, -0.2) is 6.04 Å². The van der Waals surface area contributed by atoms with Gasteiger partial charge in [-0.05, 0) is 49.8 Å². The largest absolute Gasteiger partial charge is 0.382 e. The van der Waals surface area contributed by atoms with Crippen LogP contribution in [0.4, 0.5) is 10.1 Å². The van der Waals surface area contributed by atoms with Crippen LogP contribution in [0.3, 0.4) is 0 Å². The maximum atomic E-state index is 13.4. The van der Waals surface area contributed by atoms with Crippen molar-refractivity contribution in [2.75, 3.05) is 5.32 Å². The molecular formula is C14H17FN2. The monoisotopic (exact) mass is 232 g/mol. The molecule has 1 fully saturated rings. The molecule has 0 radical (unpaired) electrons. The van der Waals surface area contributed by atoms with Gasteiger partial charge in [0.2, 0.25) is 0 Å². The van der Waals surface area contributed by atoms with Crippen LogP contribution in [0.5, 0.6) is 0 Å². The maximum Gasteiger partial charge on any atom is 0.143 e. The molecule has 0 bridgehead atoms. The second-order valence-corrected chi connectivity index (χ2v) is 4.91. The summed E-state index contributed by atoms with van der Waals surface area (Å²) in [5, 5.41) is 12.0. The Labute approximate surface area is 101 Å². The molecule has 0 aliphatic heterocycles. The van der Waals surface area contributed by atoms with Crippen LogP contribution < -0.4 is 5.32 Å². The number of halogens is 1. The molecule has 0 amide bonds. The maximum absolute atomic E-state index is 13.4. The van der Waals surface area contributed by atoms with E-state index in [1.807, 2.05) is 6.07 Å². The number of benzene rings is 1. The van der Waals surface area contributed by atoms with E-state index in [4.69, 9.17) is 5.26 Å². The summed E-state index contributed by atoms with van der Waals surface area (Å²) in [6.45, 7) is 2.28. The summed E-state index contributed by atoms with van der Waals surface area (Å²) in [6, 6.07) is 6.99. The SMILES string of the molecule is CC1CCC(Nc2ccc(C#N)c(F)c2)CC1. The van der Waals surface area contributed by atoms with Gasteiger partial charge in [0.1, 0.15) is 11.9 Å². The van der Waals surface area contributed by atoms with Crippen molar-refractivity contribution in [2.24, 2.45) is 5.92 Å². The summed E-state index contributed by atoms with van der Waals surface area (Å²) in [5.74, 6) is 0.368. The quantitative estimate of drug-likeness (QED) is 0.844. The smallest absolute Gasteiger partial charge is 0.143 e. The molecule has 1 aliphatic rings. The van der Waals surface area contributed by atoms with Crippen LogP contribution in [0.15, 0.2) is 18.2 Å². The van der Waals surface area contributed by atoms with E-state index in [2.05, 4.69) is 12.2 Å². The van der Waals surface area contributed by atoms with Gasteiger partial charge in [-0.15, -0.1) is 0 Å². The highest BCUT2D eigenvalue weighted by molar-refractivity contribution is 5.48. The van der Waals surface area contributed by atoms with Crippen LogP contribution in [0.2, 0.25) is 0 Å². The van der Waals surface area contributed by atoms with E-state index in [0.29, 0.717) is 6.04 Å². The number of hydrogen-bond donors (Lipinski definition) is 1. The Morgan fingerprint density at radius 3 is 2.59 bits per heavy atom. The van der Waals surface area contributed by atoms with Crippen LogP contribution in [0.1, 0.15) is 38.2 Å². The van der Waals surface area contributed by atoms with Crippen molar-refractivity contribution in [3.05, 3.63) is 29.6 Å². The Balaban J connectivity index is 2.00. The summed E-state index contributed by atoms with van der Waals surface area (Å²) in [4.78, 5) is 0. The van der Waals surface area contributed by atoms with Gasteiger partial charge < -0.3 is 5.32 Å². The van der Waals surface area contributed by atoms with Gasteiger partial charge in [0.15, 0.2) is 0 Å². The van der Waals surface area contributed by atoms with Gasteiger partial charge in [0, 0.05) is 11.7 Å². The Morgan fingerprint density at radius 2 is 2.00 bits per heavy atom. The van der Waals surface area contributed by atoms with Crippen molar-refractivity contribution in [3.8, 4) is 6.07 Å². The number of hydrogen-bond acceptors (Lipinski definition) is 2. The molecule has 0 saturated heterocycles. The Hall–Kier alpha value is -1.56. The topological polar surface area (TPSA) is 35.8 Å². The Kier molecular flexibility index (Phi) is 3.63. The fourth-order valence-corrected chi connectivity index (χ4v) is 2.34. The number of nitrogens with one attached hydrogen (secondary N) is 1. The summed E-state index contributed by atoms with van der Waals surface area (Å²) in [7, 11) is 0. The molecule has 17 heavy (non-hydrogen) atoms. The zero-order valence-corrected chi connectivity index (χ0v) is 10.0. The Morgan fingerprint density at radius 1 is 1.29 bits per heavy atom. The first kappa shape index (κ1) is 11.9. The molecule has 1 aromatic rings. The van der Waals surface area contributed by atoms with Gasteiger partial charge in [-0.1, -0.05) is 6.92 Å². The van der Waals surface area contributed by atoms with Gasteiger partial charge in [-0.3, -0.25) is 0 Å². The van der Waals surface area contributed by atoms with Gasteiger partial charge in [-0.2, -0.15) is 5.26 Å². The summed E-state index contributed by atoms with van der Waals surface area (Å²) >= 11 is 0. The zero-order chi connectivity index (χ0) is 12.3. The minimum Gasteiger partial charge on any atom is -0.382 e. The van der Waals surface area contributed by atoms with E-state index < -0.39 is 5.82 Å². The lowest BCUT2D eigenvalue weighted by atomic mass is 9.87. The molecule has 0 aromatic heterocycles. The molecule has 0 spiro atoms. The fourth-order valence-electron chi connectivity index (χ4n) is 2.34. The molecule has 0 unspecified atom stereocenters. The lowest BCUT2D eigenvalue weighted by molar-refractivity contribution is 0.361. The molecule has 3 heteroatoms. The molecular weight excluding hydrogens is 215 g/mol. The van der Waals surface area contributed by atoms with E-state index in [1.54, 1.807) is 6.07 Å². The normalized spacial score (nSPS) is 24.1. The molecule has 0 heterocycles. The number of nitriles is 1. The fraction of sp³-hybridized carbons (Fsp3) is 0.500. The van der Waals surface area contributed by atoms with Crippen LogP contribution in [0, 0.1) is 23.1 Å². The third-order valence-corrected chi connectivity index (χ3v) is 3.48. The third kappa shape index (κ3) is 2.97. The molecule has 2 nitrogen and oxygen atoms in total. The molecule has 1 saturated carbocycles. The van der Waals surface area contributed by atoms with E-state index in [1.165, 1.54) is 25.0 Å². The van der Waals surface area contributed by atoms with Crippen molar-refractivity contribution in [2.45, 2.75) is 38.6 Å². The number of nitrogens with zero attached hydrogens (tertiary/aromatic N) is 1. The van der Waals surface area contributed by atoms with Crippen LogP contribution in [0.25, 0.3) is 0 Å². The van der Waals surface area contributed by atoms with Crippen molar-refractivity contribution in [1.29, 1.82) is 5.26 Å². The van der Waals surface area contributed by atoms with Gasteiger partial charge >= 0.3 is 0 Å². The lowest BCUT2D eigenvalue weighted by Crippen LogP contribution is -2.25. The van der Waals surface area contributed by atoms with E-state index in [9.17, 15) is 4.39 Å². The standard InChI is InChI=1S/C14H17FN2/c1-10-2-5-12(6-3-10)17-13-7-4-11(9-16)14(15)8-13/h4,7-8,10,12,17H,2-3,5-6H2,1H3. The Bertz CT molecular complexity index is 428. The average molecular weight is 232 g/mol. The average Bonchev–Trinajstić information content (AvgIpc) is 2.32. The van der Waals surface area contributed by atoms with Crippen molar-refractivity contribution < 1.29 is 4.39 Å². The molecule has 0 atom stereocenters. The molecule has 1 aromatic carbocycles. The van der Waals surface area contributed by atoms with Crippen LogP contribution >= 0.6 is 0 Å². The van der Waals surface area contributed by atoms with E-state index in [0.717, 1.165) is 24.4 Å².